The van der Waals surface area contributed by atoms with Crippen molar-refractivity contribution in [2.75, 3.05) is 19.6 Å². The van der Waals surface area contributed by atoms with Gasteiger partial charge >= 0.3 is 0 Å². The molecule has 1 aliphatic rings. The number of piperidine rings is 1. The van der Waals surface area contributed by atoms with Gasteiger partial charge in [-0.15, -0.1) is 0 Å². The standard InChI is InChI=1S/C14H22N2O/c1-11-7-12(2)9-16(8-11)10-14(17)13-3-5-15-6-4-13/h3-6,11-12,14,17H,7-10H2,1-2H3. The van der Waals surface area contributed by atoms with Crippen molar-refractivity contribution in [2.45, 2.75) is 26.4 Å². The van der Waals surface area contributed by atoms with E-state index in [1.54, 1.807) is 12.4 Å². The summed E-state index contributed by atoms with van der Waals surface area (Å²) < 4.78 is 0. The van der Waals surface area contributed by atoms with E-state index in [-0.39, 0.29) is 0 Å². The SMILES string of the molecule is CC1CC(C)CN(CC(O)c2ccncc2)C1. The first-order chi connectivity index (χ1) is 8.15. The van der Waals surface area contributed by atoms with Crippen molar-refractivity contribution in [2.24, 2.45) is 11.8 Å². The molecule has 0 radical (unpaired) electrons. The molecule has 0 saturated carbocycles. The molecule has 1 aromatic rings. The van der Waals surface area contributed by atoms with Gasteiger partial charge in [-0.2, -0.15) is 0 Å². The number of aromatic nitrogens is 1. The molecular weight excluding hydrogens is 212 g/mol. The highest BCUT2D eigenvalue weighted by Crippen LogP contribution is 2.23. The number of β-amino-alcohol motifs (C(OH)–C–C–N with tert-alkyl or cyclic N) is 1. The Labute approximate surface area is 103 Å². The van der Waals surface area contributed by atoms with Crippen LogP contribution in [0.4, 0.5) is 0 Å². The predicted molar refractivity (Wildman–Crippen MR) is 68.6 cm³/mol. The molecule has 94 valence electrons. The fraction of sp³-hybridized carbons (Fsp3) is 0.643. The van der Waals surface area contributed by atoms with Gasteiger partial charge in [0, 0.05) is 32.0 Å². The highest BCUT2D eigenvalue weighted by atomic mass is 16.3. The lowest BCUT2D eigenvalue weighted by Gasteiger charge is -2.36. The summed E-state index contributed by atoms with van der Waals surface area (Å²) in [6.45, 7) is 7.53. The van der Waals surface area contributed by atoms with Gasteiger partial charge < -0.3 is 5.11 Å². The largest absolute Gasteiger partial charge is 0.387 e. The molecule has 2 heterocycles. The molecule has 3 atom stereocenters. The van der Waals surface area contributed by atoms with E-state index in [0.29, 0.717) is 0 Å². The van der Waals surface area contributed by atoms with Gasteiger partial charge in [0.05, 0.1) is 6.10 Å². The van der Waals surface area contributed by atoms with E-state index >= 15 is 0 Å². The maximum Gasteiger partial charge on any atom is 0.0918 e. The third-order valence-electron chi connectivity index (χ3n) is 3.47. The molecular formula is C14H22N2O. The topological polar surface area (TPSA) is 36.4 Å². The number of aliphatic hydroxyl groups is 1. The van der Waals surface area contributed by atoms with Crippen LogP contribution in [0.15, 0.2) is 24.5 Å². The van der Waals surface area contributed by atoms with E-state index < -0.39 is 6.10 Å². The van der Waals surface area contributed by atoms with Gasteiger partial charge in [0.25, 0.3) is 0 Å². The first-order valence-electron chi connectivity index (χ1n) is 6.45. The summed E-state index contributed by atoms with van der Waals surface area (Å²) in [5, 5.41) is 10.2. The average molecular weight is 234 g/mol. The lowest BCUT2D eigenvalue weighted by Crippen LogP contribution is -2.40. The van der Waals surface area contributed by atoms with Crippen molar-refractivity contribution in [1.29, 1.82) is 0 Å². The summed E-state index contributed by atoms with van der Waals surface area (Å²) in [5.41, 5.74) is 0.964. The summed E-state index contributed by atoms with van der Waals surface area (Å²) >= 11 is 0. The Balaban J connectivity index is 1.92. The van der Waals surface area contributed by atoms with Gasteiger partial charge in [0.15, 0.2) is 0 Å². The molecule has 1 N–H and O–H groups in total. The molecule has 3 nitrogen and oxygen atoms in total. The highest BCUT2D eigenvalue weighted by molar-refractivity contribution is 5.13. The molecule has 1 aromatic heterocycles. The Hall–Kier alpha value is -0.930. The summed E-state index contributed by atoms with van der Waals surface area (Å²) in [6, 6.07) is 3.78. The smallest absolute Gasteiger partial charge is 0.0918 e. The average Bonchev–Trinajstić information content (AvgIpc) is 2.28. The zero-order valence-electron chi connectivity index (χ0n) is 10.7. The monoisotopic (exact) mass is 234 g/mol. The Bertz CT molecular complexity index is 331. The minimum Gasteiger partial charge on any atom is -0.387 e. The molecule has 0 aliphatic carbocycles. The van der Waals surface area contributed by atoms with Crippen LogP contribution < -0.4 is 0 Å². The van der Waals surface area contributed by atoms with E-state index in [4.69, 9.17) is 0 Å². The van der Waals surface area contributed by atoms with Crippen molar-refractivity contribution in [3.8, 4) is 0 Å². The van der Waals surface area contributed by atoms with Crippen LogP contribution in [0.2, 0.25) is 0 Å². The third-order valence-corrected chi connectivity index (χ3v) is 3.47. The number of rotatable bonds is 3. The fourth-order valence-electron chi connectivity index (χ4n) is 2.88. The van der Waals surface area contributed by atoms with E-state index in [2.05, 4.69) is 23.7 Å². The van der Waals surface area contributed by atoms with Crippen LogP contribution in [0.1, 0.15) is 31.9 Å². The van der Waals surface area contributed by atoms with E-state index in [0.717, 1.165) is 37.0 Å². The minimum absolute atomic E-state index is 0.393. The van der Waals surface area contributed by atoms with Crippen LogP contribution in [-0.2, 0) is 0 Å². The number of aliphatic hydroxyl groups excluding tert-OH is 1. The van der Waals surface area contributed by atoms with Gasteiger partial charge in [-0.05, 0) is 36.0 Å². The third kappa shape index (κ3) is 3.51. The Morgan fingerprint density at radius 1 is 1.29 bits per heavy atom. The molecule has 0 aromatic carbocycles. The van der Waals surface area contributed by atoms with Crippen molar-refractivity contribution in [3.63, 3.8) is 0 Å². The molecule has 0 spiro atoms. The van der Waals surface area contributed by atoms with Crippen molar-refractivity contribution < 1.29 is 5.11 Å². The van der Waals surface area contributed by atoms with Gasteiger partial charge in [0.1, 0.15) is 0 Å². The maximum absolute atomic E-state index is 10.2. The summed E-state index contributed by atoms with van der Waals surface area (Å²) in [6.07, 6.45) is 4.39. The van der Waals surface area contributed by atoms with Gasteiger partial charge in [-0.3, -0.25) is 9.88 Å². The van der Waals surface area contributed by atoms with Crippen LogP contribution in [0.3, 0.4) is 0 Å². The number of likely N-dealkylation sites (tertiary alicyclic amines) is 1. The first kappa shape index (κ1) is 12.5. The Morgan fingerprint density at radius 3 is 2.47 bits per heavy atom. The second kappa shape index (κ2) is 5.61. The molecule has 0 amide bonds. The zero-order chi connectivity index (χ0) is 12.3. The van der Waals surface area contributed by atoms with E-state index in [1.807, 2.05) is 12.1 Å². The van der Waals surface area contributed by atoms with Crippen LogP contribution in [0.25, 0.3) is 0 Å². The van der Waals surface area contributed by atoms with Gasteiger partial charge in [-0.25, -0.2) is 0 Å². The van der Waals surface area contributed by atoms with Crippen LogP contribution >= 0.6 is 0 Å². The van der Waals surface area contributed by atoms with Crippen molar-refractivity contribution in [3.05, 3.63) is 30.1 Å². The molecule has 1 saturated heterocycles. The molecule has 2 rings (SSSR count). The Kier molecular flexibility index (Phi) is 4.13. The van der Waals surface area contributed by atoms with Crippen LogP contribution in [0.5, 0.6) is 0 Å². The van der Waals surface area contributed by atoms with Crippen molar-refractivity contribution >= 4 is 0 Å². The molecule has 1 fully saturated rings. The summed E-state index contributed by atoms with van der Waals surface area (Å²) in [4.78, 5) is 6.35. The lowest BCUT2D eigenvalue weighted by atomic mass is 9.91. The second-order valence-electron chi connectivity index (χ2n) is 5.46. The normalized spacial score (nSPS) is 27.9. The molecule has 3 unspecified atom stereocenters. The quantitative estimate of drug-likeness (QED) is 0.870. The molecule has 3 heteroatoms. The second-order valence-corrected chi connectivity index (χ2v) is 5.46. The number of nitrogens with zero attached hydrogens (tertiary/aromatic N) is 2. The summed E-state index contributed by atoms with van der Waals surface area (Å²) in [5.74, 6) is 1.48. The number of hydrogen-bond acceptors (Lipinski definition) is 3. The minimum atomic E-state index is -0.393. The first-order valence-corrected chi connectivity index (χ1v) is 6.45. The predicted octanol–water partition coefficient (Wildman–Crippen LogP) is 2.09. The summed E-state index contributed by atoms with van der Waals surface area (Å²) in [7, 11) is 0. The van der Waals surface area contributed by atoms with Gasteiger partial charge in [-0.1, -0.05) is 13.8 Å². The zero-order valence-corrected chi connectivity index (χ0v) is 10.7. The highest BCUT2D eigenvalue weighted by Gasteiger charge is 2.23. The molecule has 1 aliphatic heterocycles. The van der Waals surface area contributed by atoms with E-state index in [1.165, 1.54) is 6.42 Å². The number of pyridine rings is 1. The molecule has 0 bridgehead atoms. The number of hydrogen-bond donors (Lipinski definition) is 1. The lowest BCUT2D eigenvalue weighted by molar-refractivity contribution is 0.0699. The van der Waals surface area contributed by atoms with Gasteiger partial charge in [0.2, 0.25) is 0 Å². The van der Waals surface area contributed by atoms with Crippen LogP contribution in [-0.4, -0.2) is 34.6 Å². The fourth-order valence-corrected chi connectivity index (χ4v) is 2.88. The van der Waals surface area contributed by atoms with Crippen molar-refractivity contribution in [1.82, 2.24) is 9.88 Å². The Morgan fingerprint density at radius 2 is 1.88 bits per heavy atom. The molecule has 17 heavy (non-hydrogen) atoms. The maximum atomic E-state index is 10.2. The van der Waals surface area contributed by atoms with Crippen LogP contribution in [0, 0.1) is 11.8 Å². The van der Waals surface area contributed by atoms with E-state index in [9.17, 15) is 5.11 Å².